The lowest BCUT2D eigenvalue weighted by molar-refractivity contribution is -0.115. The number of amides is 2. The van der Waals surface area contributed by atoms with E-state index in [9.17, 15) is 14.0 Å². The zero-order chi connectivity index (χ0) is 16.4. The van der Waals surface area contributed by atoms with Crippen molar-refractivity contribution in [3.63, 3.8) is 0 Å². The third-order valence-electron chi connectivity index (χ3n) is 3.53. The summed E-state index contributed by atoms with van der Waals surface area (Å²) in [6.45, 7) is 0. The summed E-state index contributed by atoms with van der Waals surface area (Å²) in [5.41, 5.74) is 7.55. The summed E-state index contributed by atoms with van der Waals surface area (Å²) in [4.78, 5) is 26.1. The molecule has 0 aliphatic carbocycles. The SMILES string of the molecule is NC(=O)c1ccc(NC(=O)Cc2c[nH]c3cc(F)ccc23)cc1. The number of anilines is 1. The van der Waals surface area contributed by atoms with Gasteiger partial charge in [0.2, 0.25) is 11.8 Å². The number of nitrogens with one attached hydrogen (secondary N) is 2. The van der Waals surface area contributed by atoms with Gasteiger partial charge in [-0.05, 0) is 48.0 Å². The second-order valence-corrected chi connectivity index (χ2v) is 5.17. The Bertz CT molecular complexity index is 884. The van der Waals surface area contributed by atoms with Crippen LogP contribution < -0.4 is 11.1 Å². The molecule has 6 heteroatoms. The van der Waals surface area contributed by atoms with Crippen molar-refractivity contribution in [2.75, 3.05) is 5.32 Å². The minimum atomic E-state index is -0.520. The van der Waals surface area contributed by atoms with Crippen molar-refractivity contribution in [2.24, 2.45) is 5.73 Å². The van der Waals surface area contributed by atoms with Crippen molar-refractivity contribution < 1.29 is 14.0 Å². The summed E-state index contributed by atoms with van der Waals surface area (Å²) in [5.74, 6) is -1.05. The number of hydrogen-bond donors (Lipinski definition) is 3. The number of aromatic nitrogens is 1. The fraction of sp³-hybridized carbons (Fsp3) is 0.0588. The van der Waals surface area contributed by atoms with E-state index in [0.717, 1.165) is 10.9 Å². The smallest absolute Gasteiger partial charge is 0.248 e. The molecule has 0 aliphatic heterocycles. The van der Waals surface area contributed by atoms with Crippen LogP contribution in [0.5, 0.6) is 0 Å². The van der Waals surface area contributed by atoms with Crippen LogP contribution in [-0.2, 0) is 11.2 Å². The molecular weight excluding hydrogens is 297 g/mol. The van der Waals surface area contributed by atoms with Crippen molar-refractivity contribution in [3.8, 4) is 0 Å². The highest BCUT2D eigenvalue weighted by molar-refractivity contribution is 5.97. The molecule has 3 rings (SSSR count). The Morgan fingerprint density at radius 3 is 2.57 bits per heavy atom. The molecule has 3 aromatic rings. The lowest BCUT2D eigenvalue weighted by atomic mass is 10.1. The van der Waals surface area contributed by atoms with Gasteiger partial charge in [0, 0.05) is 28.4 Å². The molecule has 2 aromatic carbocycles. The predicted molar refractivity (Wildman–Crippen MR) is 85.6 cm³/mol. The number of halogens is 1. The van der Waals surface area contributed by atoms with E-state index in [1.807, 2.05) is 0 Å². The highest BCUT2D eigenvalue weighted by atomic mass is 19.1. The first-order valence-electron chi connectivity index (χ1n) is 6.98. The Morgan fingerprint density at radius 2 is 1.87 bits per heavy atom. The average molecular weight is 311 g/mol. The molecule has 4 N–H and O–H groups in total. The first-order chi connectivity index (χ1) is 11.0. The Balaban J connectivity index is 1.72. The highest BCUT2D eigenvalue weighted by Gasteiger charge is 2.10. The quantitative estimate of drug-likeness (QED) is 0.691. The number of carbonyl (C=O) groups excluding carboxylic acids is 2. The number of H-pyrrole nitrogens is 1. The maximum atomic E-state index is 13.2. The third kappa shape index (κ3) is 3.21. The number of benzene rings is 2. The van der Waals surface area contributed by atoms with E-state index in [-0.39, 0.29) is 18.1 Å². The van der Waals surface area contributed by atoms with Crippen LogP contribution in [0.15, 0.2) is 48.7 Å². The summed E-state index contributed by atoms with van der Waals surface area (Å²) < 4.78 is 13.2. The molecule has 2 amide bonds. The molecule has 0 radical (unpaired) electrons. The van der Waals surface area contributed by atoms with Crippen molar-refractivity contribution in [1.29, 1.82) is 0 Å². The maximum Gasteiger partial charge on any atom is 0.248 e. The first-order valence-corrected chi connectivity index (χ1v) is 6.98. The standard InChI is InChI=1S/C17H14FN3O2/c18-12-3-6-14-11(9-20-15(14)8-12)7-16(22)21-13-4-1-10(2-5-13)17(19)23/h1-6,8-9,20H,7H2,(H2,19,23)(H,21,22). The van der Waals surface area contributed by atoms with Crippen LogP contribution in [0, 0.1) is 5.82 Å². The Labute approximate surface area is 131 Å². The molecule has 0 spiro atoms. The van der Waals surface area contributed by atoms with E-state index < -0.39 is 5.91 Å². The van der Waals surface area contributed by atoms with Crippen LogP contribution in [0.4, 0.5) is 10.1 Å². The number of hydrogen-bond acceptors (Lipinski definition) is 2. The number of nitrogens with two attached hydrogens (primary N) is 1. The van der Waals surface area contributed by atoms with Crippen molar-refractivity contribution in [1.82, 2.24) is 4.98 Å². The molecule has 1 aromatic heterocycles. The second kappa shape index (κ2) is 5.92. The lowest BCUT2D eigenvalue weighted by Crippen LogP contribution is -2.15. The van der Waals surface area contributed by atoms with Gasteiger partial charge in [-0.15, -0.1) is 0 Å². The topological polar surface area (TPSA) is 88.0 Å². The number of carbonyl (C=O) groups is 2. The third-order valence-corrected chi connectivity index (χ3v) is 3.53. The number of aromatic amines is 1. The van der Waals surface area contributed by atoms with Crippen LogP contribution in [0.3, 0.4) is 0 Å². The maximum absolute atomic E-state index is 13.2. The normalized spacial score (nSPS) is 10.7. The van der Waals surface area contributed by atoms with Crippen LogP contribution in [-0.4, -0.2) is 16.8 Å². The van der Waals surface area contributed by atoms with Gasteiger partial charge >= 0.3 is 0 Å². The van der Waals surface area contributed by atoms with E-state index in [1.165, 1.54) is 12.1 Å². The highest BCUT2D eigenvalue weighted by Crippen LogP contribution is 2.20. The predicted octanol–water partition coefficient (Wildman–Crippen LogP) is 2.59. The van der Waals surface area contributed by atoms with Crippen LogP contribution >= 0.6 is 0 Å². The summed E-state index contributed by atoms with van der Waals surface area (Å²) in [6, 6.07) is 10.7. The van der Waals surface area contributed by atoms with E-state index in [0.29, 0.717) is 16.8 Å². The molecule has 116 valence electrons. The van der Waals surface area contributed by atoms with Gasteiger partial charge in [0.05, 0.1) is 6.42 Å². The minimum absolute atomic E-state index is 0.156. The van der Waals surface area contributed by atoms with E-state index in [1.54, 1.807) is 36.5 Å². The zero-order valence-corrected chi connectivity index (χ0v) is 12.1. The van der Waals surface area contributed by atoms with Gasteiger partial charge in [-0.1, -0.05) is 0 Å². The molecule has 0 bridgehead atoms. The molecule has 23 heavy (non-hydrogen) atoms. The van der Waals surface area contributed by atoms with Crippen LogP contribution in [0.2, 0.25) is 0 Å². The van der Waals surface area contributed by atoms with Gasteiger partial charge in [-0.2, -0.15) is 0 Å². The molecule has 0 saturated heterocycles. The van der Waals surface area contributed by atoms with Crippen molar-refractivity contribution in [3.05, 3.63) is 65.6 Å². The van der Waals surface area contributed by atoms with Crippen LogP contribution in [0.1, 0.15) is 15.9 Å². The Kier molecular flexibility index (Phi) is 3.80. The van der Waals surface area contributed by atoms with Gasteiger partial charge in [-0.25, -0.2) is 4.39 Å². The largest absolute Gasteiger partial charge is 0.366 e. The van der Waals surface area contributed by atoms with Crippen molar-refractivity contribution in [2.45, 2.75) is 6.42 Å². The molecule has 5 nitrogen and oxygen atoms in total. The Hall–Kier alpha value is -3.15. The second-order valence-electron chi connectivity index (χ2n) is 5.17. The molecule has 0 unspecified atom stereocenters. The molecule has 1 heterocycles. The fourth-order valence-electron chi connectivity index (χ4n) is 2.40. The molecule has 0 atom stereocenters. The van der Waals surface area contributed by atoms with Gasteiger partial charge in [0.15, 0.2) is 0 Å². The number of rotatable bonds is 4. The molecule has 0 aliphatic rings. The first kappa shape index (κ1) is 14.8. The summed E-state index contributed by atoms with van der Waals surface area (Å²) in [6.07, 6.45) is 1.85. The van der Waals surface area contributed by atoms with Gasteiger partial charge in [0.25, 0.3) is 0 Å². The van der Waals surface area contributed by atoms with Gasteiger partial charge in [0.1, 0.15) is 5.82 Å². The van der Waals surface area contributed by atoms with E-state index in [4.69, 9.17) is 5.73 Å². The number of fused-ring (bicyclic) bond motifs is 1. The molecule has 0 saturated carbocycles. The Morgan fingerprint density at radius 1 is 1.13 bits per heavy atom. The van der Waals surface area contributed by atoms with E-state index >= 15 is 0 Å². The number of primary amides is 1. The van der Waals surface area contributed by atoms with Crippen LogP contribution in [0.25, 0.3) is 10.9 Å². The lowest BCUT2D eigenvalue weighted by Gasteiger charge is -2.05. The summed E-state index contributed by atoms with van der Waals surface area (Å²) in [5, 5.41) is 3.55. The van der Waals surface area contributed by atoms with Gasteiger partial charge in [-0.3, -0.25) is 9.59 Å². The van der Waals surface area contributed by atoms with Crippen molar-refractivity contribution >= 4 is 28.4 Å². The summed E-state index contributed by atoms with van der Waals surface area (Å²) in [7, 11) is 0. The average Bonchev–Trinajstić information content (AvgIpc) is 2.89. The monoisotopic (exact) mass is 311 g/mol. The summed E-state index contributed by atoms with van der Waals surface area (Å²) >= 11 is 0. The molecular formula is C17H14FN3O2. The fourth-order valence-corrected chi connectivity index (χ4v) is 2.40. The zero-order valence-electron chi connectivity index (χ0n) is 12.1. The minimum Gasteiger partial charge on any atom is -0.366 e. The van der Waals surface area contributed by atoms with Gasteiger partial charge < -0.3 is 16.0 Å². The molecule has 0 fully saturated rings. The van der Waals surface area contributed by atoms with E-state index in [2.05, 4.69) is 10.3 Å².